The molecule has 0 aliphatic rings. The molecule has 0 bridgehead atoms. The average molecular weight is 535 g/mol. The summed E-state index contributed by atoms with van der Waals surface area (Å²) in [6.45, 7) is 5.56. The van der Waals surface area contributed by atoms with E-state index in [1.54, 1.807) is 23.7 Å². The smallest absolute Gasteiger partial charge is 0.264 e. The number of pyridine rings is 1. The van der Waals surface area contributed by atoms with Crippen molar-refractivity contribution in [2.45, 2.75) is 40.3 Å². The molecule has 0 aliphatic carbocycles. The van der Waals surface area contributed by atoms with Crippen molar-refractivity contribution in [3.05, 3.63) is 93.9 Å². The average Bonchev–Trinajstić information content (AvgIpc) is 3.35. The summed E-state index contributed by atoms with van der Waals surface area (Å²) in [7, 11) is 0. The summed E-state index contributed by atoms with van der Waals surface area (Å²) in [5, 5.41) is 12.8. The Morgan fingerprint density at radius 2 is 1.66 bits per heavy atom. The van der Waals surface area contributed by atoms with Crippen molar-refractivity contribution < 1.29 is 13.6 Å². The number of hydrogen-bond donors (Lipinski definition) is 1. The van der Waals surface area contributed by atoms with E-state index in [-0.39, 0.29) is 29.0 Å². The number of nitrogens with zero attached hydrogens (tertiary/aromatic N) is 5. The van der Waals surface area contributed by atoms with Crippen molar-refractivity contribution in [2.75, 3.05) is 5.32 Å². The maximum atomic E-state index is 14.0. The Morgan fingerprint density at radius 3 is 2.37 bits per heavy atom. The van der Waals surface area contributed by atoms with Gasteiger partial charge >= 0.3 is 0 Å². The van der Waals surface area contributed by atoms with Crippen LogP contribution in [0.5, 0.6) is 0 Å². The number of nitrogens with one attached hydrogen (secondary N) is 1. The number of amides is 1. The third kappa shape index (κ3) is 4.89. The topological polar surface area (TPSA) is 77.6 Å². The first kappa shape index (κ1) is 25.5. The standard InChI is InChI=1S/C28H25ClF2N6O/c1-16-25-21(27(30)31)13-23(19-9-5-4-6-10-19)32-28(25)37(34-16)15-24(38)33-26-17(2)35-36(18(26)3)14-20-11-7-8-12-22(20)29/h4-13,27H,14-15H2,1-3H3,(H,33,38). The Balaban J connectivity index is 1.45. The van der Waals surface area contributed by atoms with Crippen LogP contribution in [0.4, 0.5) is 14.5 Å². The van der Waals surface area contributed by atoms with E-state index in [9.17, 15) is 13.6 Å². The highest BCUT2D eigenvalue weighted by Gasteiger charge is 2.23. The number of benzene rings is 2. The van der Waals surface area contributed by atoms with Crippen molar-refractivity contribution in [1.29, 1.82) is 0 Å². The normalized spacial score (nSPS) is 11.4. The predicted octanol–water partition coefficient (Wildman–Crippen LogP) is 6.50. The van der Waals surface area contributed by atoms with Gasteiger partial charge in [-0.2, -0.15) is 10.2 Å². The summed E-state index contributed by atoms with van der Waals surface area (Å²) in [5.41, 5.74) is 4.45. The molecule has 38 heavy (non-hydrogen) atoms. The van der Waals surface area contributed by atoms with E-state index in [1.807, 2.05) is 56.3 Å². The summed E-state index contributed by atoms with van der Waals surface area (Å²) in [6.07, 6.45) is -2.72. The second-order valence-electron chi connectivity index (χ2n) is 9.05. The molecular weight excluding hydrogens is 510 g/mol. The van der Waals surface area contributed by atoms with Crippen LogP contribution in [0.2, 0.25) is 5.02 Å². The number of fused-ring (bicyclic) bond motifs is 1. The van der Waals surface area contributed by atoms with Gasteiger partial charge in [-0.15, -0.1) is 0 Å². The van der Waals surface area contributed by atoms with Gasteiger partial charge in [-0.25, -0.2) is 18.4 Å². The number of rotatable bonds is 7. The molecule has 0 atom stereocenters. The molecule has 3 heterocycles. The summed E-state index contributed by atoms with van der Waals surface area (Å²) >= 11 is 6.30. The third-order valence-electron chi connectivity index (χ3n) is 6.43. The lowest BCUT2D eigenvalue weighted by Gasteiger charge is -2.10. The Morgan fingerprint density at radius 1 is 0.974 bits per heavy atom. The zero-order valence-electron chi connectivity index (χ0n) is 21.0. The Hall–Kier alpha value is -4.11. The van der Waals surface area contributed by atoms with Gasteiger partial charge < -0.3 is 5.32 Å². The molecule has 0 saturated carbocycles. The minimum Gasteiger partial charge on any atom is -0.321 e. The molecule has 0 saturated heterocycles. The van der Waals surface area contributed by atoms with Gasteiger partial charge in [0.05, 0.1) is 40.4 Å². The van der Waals surface area contributed by atoms with E-state index < -0.39 is 6.43 Å². The van der Waals surface area contributed by atoms with Crippen molar-refractivity contribution in [3.63, 3.8) is 0 Å². The van der Waals surface area contributed by atoms with Crippen LogP contribution in [0.1, 0.15) is 34.6 Å². The lowest BCUT2D eigenvalue weighted by Crippen LogP contribution is -2.20. The van der Waals surface area contributed by atoms with Crippen LogP contribution in [-0.4, -0.2) is 30.5 Å². The predicted molar refractivity (Wildman–Crippen MR) is 144 cm³/mol. The monoisotopic (exact) mass is 534 g/mol. The second-order valence-corrected chi connectivity index (χ2v) is 9.46. The van der Waals surface area contributed by atoms with Crippen molar-refractivity contribution >= 4 is 34.2 Å². The maximum Gasteiger partial charge on any atom is 0.264 e. The van der Waals surface area contributed by atoms with Crippen LogP contribution < -0.4 is 5.32 Å². The van der Waals surface area contributed by atoms with E-state index in [4.69, 9.17) is 11.6 Å². The first-order valence-corrected chi connectivity index (χ1v) is 12.4. The number of carbonyl (C=O) groups is 1. The molecule has 0 fully saturated rings. The molecule has 2 aromatic carbocycles. The van der Waals surface area contributed by atoms with Gasteiger partial charge in [0.15, 0.2) is 5.65 Å². The van der Waals surface area contributed by atoms with Crippen LogP contribution in [0.25, 0.3) is 22.3 Å². The van der Waals surface area contributed by atoms with Crippen molar-refractivity contribution in [2.24, 2.45) is 0 Å². The third-order valence-corrected chi connectivity index (χ3v) is 6.80. The number of halogens is 3. The quantitative estimate of drug-likeness (QED) is 0.258. The summed E-state index contributed by atoms with van der Waals surface area (Å²) in [5.74, 6) is -0.372. The van der Waals surface area contributed by atoms with Gasteiger partial charge in [-0.3, -0.25) is 9.48 Å². The molecule has 1 amide bonds. The first-order valence-electron chi connectivity index (χ1n) is 12.0. The fourth-order valence-electron chi connectivity index (χ4n) is 4.56. The van der Waals surface area contributed by atoms with E-state index in [0.717, 1.165) is 11.3 Å². The van der Waals surface area contributed by atoms with E-state index in [0.29, 0.717) is 39.9 Å². The molecule has 0 aliphatic heterocycles. The molecule has 1 N–H and O–H groups in total. The number of carbonyl (C=O) groups excluding carboxylic acids is 1. The molecule has 0 spiro atoms. The Kier molecular flexibility index (Phi) is 6.94. The van der Waals surface area contributed by atoms with Gasteiger partial charge in [0.1, 0.15) is 6.54 Å². The summed E-state index contributed by atoms with van der Waals surface area (Å²) < 4.78 is 31.2. The zero-order chi connectivity index (χ0) is 27.0. The fraction of sp³-hybridized carbons (Fsp3) is 0.214. The molecule has 3 aromatic heterocycles. The fourth-order valence-corrected chi connectivity index (χ4v) is 4.76. The second kappa shape index (κ2) is 10.3. The van der Waals surface area contributed by atoms with Crippen LogP contribution in [0.15, 0.2) is 60.7 Å². The highest BCUT2D eigenvalue weighted by molar-refractivity contribution is 6.31. The van der Waals surface area contributed by atoms with E-state index in [1.165, 1.54) is 10.7 Å². The van der Waals surface area contributed by atoms with Gasteiger partial charge in [-0.05, 0) is 38.5 Å². The van der Waals surface area contributed by atoms with Crippen LogP contribution >= 0.6 is 11.6 Å². The van der Waals surface area contributed by atoms with E-state index >= 15 is 0 Å². The van der Waals surface area contributed by atoms with Gasteiger partial charge in [0.2, 0.25) is 5.91 Å². The molecule has 0 unspecified atom stereocenters. The minimum atomic E-state index is -2.72. The van der Waals surface area contributed by atoms with Crippen molar-refractivity contribution in [1.82, 2.24) is 24.5 Å². The molecule has 5 aromatic rings. The first-order chi connectivity index (χ1) is 18.2. The zero-order valence-corrected chi connectivity index (χ0v) is 21.8. The highest BCUT2D eigenvalue weighted by atomic mass is 35.5. The number of alkyl halides is 2. The number of hydrogen-bond acceptors (Lipinski definition) is 4. The van der Waals surface area contributed by atoms with Gasteiger partial charge in [0, 0.05) is 16.1 Å². The maximum absolute atomic E-state index is 14.0. The highest BCUT2D eigenvalue weighted by Crippen LogP contribution is 2.33. The number of aryl methyl sites for hydroxylation is 2. The lowest BCUT2D eigenvalue weighted by atomic mass is 10.1. The van der Waals surface area contributed by atoms with Crippen molar-refractivity contribution in [3.8, 4) is 11.3 Å². The molecular formula is C28H25ClF2N6O. The summed E-state index contributed by atoms with van der Waals surface area (Å²) in [6, 6.07) is 18.0. The Bertz CT molecular complexity index is 1640. The molecule has 7 nitrogen and oxygen atoms in total. The molecule has 5 rings (SSSR count). The van der Waals surface area contributed by atoms with Crippen LogP contribution in [0, 0.1) is 20.8 Å². The van der Waals surface area contributed by atoms with Gasteiger partial charge in [0.25, 0.3) is 6.43 Å². The number of anilines is 1. The van der Waals surface area contributed by atoms with Crippen LogP contribution in [0.3, 0.4) is 0 Å². The molecule has 194 valence electrons. The molecule has 0 radical (unpaired) electrons. The Labute approximate surface area is 223 Å². The SMILES string of the molecule is Cc1nn(Cc2ccccc2Cl)c(C)c1NC(=O)Cn1nc(C)c2c(C(F)F)cc(-c3ccccc3)nc21. The molecule has 10 heteroatoms. The lowest BCUT2D eigenvalue weighted by molar-refractivity contribution is -0.116. The van der Waals surface area contributed by atoms with Gasteiger partial charge in [-0.1, -0.05) is 60.1 Å². The summed E-state index contributed by atoms with van der Waals surface area (Å²) in [4.78, 5) is 17.8. The number of aromatic nitrogens is 5. The largest absolute Gasteiger partial charge is 0.321 e. The van der Waals surface area contributed by atoms with Crippen LogP contribution in [-0.2, 0) is 17.9 Å². The minimum absolute atomic E-state index is 0.162. The van der Waals surface area contributed by atoms with E-state index in [2.05, 4.69) is 20.5 Å².